The molecule has 2 heterocycles. The molecule has 3 nitrogen and oxygen atoms in total. The Kier molecular flexibility index (Phi) is 1.97. The monoisotopic (exact) mass is 230 g/mol. The predicted molar refractivity (Wildman–Crippen MR) is 65.7 cm³/mol. The van der Waals surface area contributed by atoms with Crippen LogP contribution in [-0.4, -0.2) is 14.9 Å². The maximum Gasteiger partial charge on any atom is 0.125 e. The highest BCUT2D eigenvalue weighted by molar-refractivity contribution is 7.17. The van der Waals surface area contributed by atoms with Crippen molar-refractivity contribution in [2.24, 2.45) is 7.05 Å². The van der Waals surface area contributed by atoms with Crippen LogP contribution in [-0.2, 0) is 7.05 Å². The minimum atomic E-state index is 0.274. The summed E-state index contributed by atoms with van der Waals surface area (Å²) in [5.74, 6) is 0.274. The third-order valence-corrected chi connectivity index (χ3v) is 3.53. The molecule has 0 radical (unpaired) electrons. The molecule has 1 N–H and O–H groups in total. The molecule has 1 aromatic carbocycles. The van der Waals surface area contributed by atoms with E-state index in [4.69, 9.17) is 0 Å². The Labute approximate surface area is 96.6 Å². The molecule has 80 valence electrons. The maximum atomic E-state index is 9.83. The molecule has 3 aromatic rings. The molecule has 0 spiro atoms. The Balaban J connectivity index is 2.34. The lowest BCUT2D eigenvalue weighted by molar-refractivity contribution is 0.477. The fourth-order valence-electron chi connectivity index (χ4n) is 1.83. The topological polar surface area (TPSA) is 38.0 Å². The van der Waals surface area contributed by atoms with Crippen molar-refractivity contribution in [2.75, 3.05) is 0 Å². The van der Waals surface area contributed by atoms with E-state index in [1.54, 1.807) is 17.4 Å². The van der Waals surface area contributed by atoms with Crippen molar-refractivity contribution in [3.8, 4) is 17.0 Å². The van der Waals surface area contributed by atoms with Crippen molar-refractivity contribution in [2.45, 2.75) is 0 Å². The molecule has 0 aliphatic carbocycles. The van der Waals surface area contributed by atoms with Gasteiger partial charge in [0, 0.05) is 12.6 Å². The lowest BCUT2D eigenvalue weighted by Gasteiger charge is -1.99. The van der Waals surface area contributed by atoms with Crippen LogP contribution in [0.3, 0.4) is 0 Å². The number of fused-ring (bicyclic) bond motifs is 1. The van der Waals surface area contributed by atoms with E-state index < -0.39 is 0 Å². The molecule has 0 saturated carbocycles. The van der Waals surface area contributed by atoms with Gasteiger partial charge in [0.05, 0.1) is 10.2 Å². The van der Waals surface area contributed by atoms with E-state index in [1.807, 2.05) is 41.4 Å². The van der Waals surface area contributed by atoms with Gasteiger partial charge in [0.25, 0.3) is 0 Å². The van der Waals surface area contributed by atoms with Crippen LogP contribution in [0.1, 0.15) is 0 Å². The third kappa shape index (κ3) is 1.23. The van der Waals surface area contributed by atoms with Gasteiger partial charge in [-0.3, -0.25) is 4.68 Å². The lowest BCUT2D eigenvalue weighted by Crippen LogP contribution is -1.89. The largest absolute Gasteiger partial charge is 0.507 e. The molecule has 0 amide bonds. The van der Waals surface area contributed by atoms with Crippen LogP contribution in [0.2, 0.25) is 0 Å². The molecule has 0 saturated heterocycles. The summed E-state index contributed by atoms with van der Waals surface area (Å²) in [6.07, 6.45) is 0. The number of benzene rings is 1. The number of hydrogen-bond acceptors (Lipinski definition) is 3. The van der Waals surface area contributed by atoms with Crippen molar-refractivity contribution in [3.05, 3.63) is 35.7 Å². The predicted octanol–water partition coefficient (Wildman–Crippen LogP) is 3.01. The van der Waals surface area contributed by atoms with Crippen LogP contribution in [0, 0.1) is 0 Å². The number of thiophene rings is 1. The summed E-state index contributed by atoms with van der Waals surface area (Å²) in [6.45, 7) is 0. The number of phenols is 1. The first-order valence-electron chi connectivity index (χ1n) is 4.96. The van der Waals surface area contributed by atoms with Gasteiger partial charge in [-0.1, -0.05) is 12.1 Å². The number of hydrogen-bond donors (Lipinski definition) is 1. The smallest absolute Gasteiger partial charge is 0.125 e. The van der Waals surface area contributed by atoms with Gasteiger partial charge in [0.2, 0.25) is 0 Å². The van der Waals surface area contributed by atoms with Gasteiger partial charge in [-0.15, -0.1) is 11.3 Å². The highest BCUT2D eigenvalue weighted by atomic mass is 32.1. The molecule has 2 aromatic heterocycles. The Morgan fingerprint density at radius 1 is 1.25 bits per heavy atom. The zero-order valence-electron chi connectivity index (χ0n) is 8.71. The fourth-order valence-corrected chi connectivity index (χ4v) is 2.75. The number of phenolic OH excluding ortho intramolecular Hbond substituents is 1. The molecule has 0 fully saturated rings. The number of nitrogens with zero attached hydrogens (tertiary/aromatic N) is 2. The van der Waals surface area contributed by atoms with Crippen molar-refractivity contribution in [3.63, 3.8) is 0 Å². The molecular formula is C12H10N2OS. The second-order valence-corrected chi connectivity index (χ2v) is 4.54. The highest BCUT2D eigenvalue weighted by Gasteiger charge is 2.13. The van der Waals surface area contributed by atoms with Gasteiger partial charge >= 0.3 is 0 Å². The summed E-state index contributed by atoms with van der Waals surface area (Å²) in [6, 6.07) is 9.33. The number of rotatable bonds is 1. The number of aryl methyl sites for hydroxylation is 1. The number of aromatic nitrogens is 2. The van der Waals surface area contributed by atoms with Gasteiger partial charge in [0.1, 0.15) is 11.4 Å². The van der Waals surface area contributed by atoms with Gasteiger partial charge in [-0.05, 0) is 23.6 Å². The first-order chi connectivity index (χ1) is 7.77. The van der Waals surface area contributed by atoms with Crippen molar-refractivity contribution in [1.82, 2.24) is 9.78 Å². The van der Waals surface area contributed by atoms with Crippen LogP contribution < -0.4 is 0 Å². The Morgan fingerprint density at radius 3 is 2.88 bits per heavy atom. The fraction of sp³-hybridized carbons (Fsp3) is 0.0833. The van der Waals surface area contributed by atoms with E-state index in [-0.39, 0.29) is 5.75 Å². The lowest BCUT2D eigenvalue weighted by atomic mass is 10.1. The molecule has 0 bridgehead atoms. The summed E-state index contributed by atoms with van der Waals surface area (Å²) in [5.41, 5.74) is 2.74. The maximum absolute atomic E-state index is 9.83. The third-order valence-electron chi connectivity index (χ3n) is 2.62. The van der Waals surface area contributed by atoms with Crippen LogP contribution in [0.5, 0.6) is 5.75 Å². The Hall–Kier alpha value is -1.81. The average Bonchev–Trinajstić information content (AvgIpc) is 2.84. The van der Waals surface area contributed by atoms with Gasteiger partial charge in [0.15, 0.2) is 0 Å². The molecule has 0 atom stereocenters. The van der Waals surface area contributed by atoms with Crippen LogP contribution >= 0.6 is 11.3 Å². The zero-order chi connectivity index (χ0) is 11.1. The van der Waals surface area contributed by atoms with E-state index >= 15 is 0 Å². The zero-order valence-corrected chi connectivity index (χ0v) is 9.53. The van der Waals surface area contributed by atoms with E-state index in [0.29, 0.717) is 0 Å². The second kappa shape index (κ2) is 3.35. The highest BCUT2D eigenvalue weighted by Crippen LogP contribution is 2.35. The summed E-state index contributed by atoms with van der Waals surface area (Å²) in [5, 5.41) is 16.3. The Bertz CT molecular complexity index is 654. The Morgan fingerprint density at radius 2 is 2.06 bits per heavy atom. The molecule has 16 heavy (non-hydrogen) atoms. The van der Waals surface area contributed by atoms with Gasteiger partial charge in [-0.2, -0.15) is 5.10 Å². The molecule has 0 aliphatic heterocycles. The second-order valence-electron chi connectivity index (χ2n) is 3.62. The van der Waals surface area contributed by atoms with Crippen molar-refractivity contribution < 1.29 is 5.11 Å². The average molecular weight is 230 g/mol. The van der Waals surface area contributed by atoms with E-state index in [1.165, 1.54) is 0 Å². The molecule has 3 rings (SSSR count). The van der Waals surface area contributed by atoms with Gasteiger partial charge < -0.3 is 5.11 Å². The SMILES string of the molecule is Cn1nc(-c2ccccc2O)c2sccc21. The quantitative estimate of drug-likeness (QED) is 0.697. The van der Waals surface area contributed by atoms with Crippen molar-refractivity contribution in [1.29, 1.82) is 0 Å². The van der Waals surface area contributed by atoms with E-state index in [9.17, 15) is 5.11 Å². The summed E-state index contributed by atoms with van der Waals surface area (Å²) in [7, 11) is 1.92. The summed E-state index contributed by atoms with van der Waals surface area (Å²) < 4.78 is 2.96. The summed E-state index contributed by atoms with van der Waals surface area (Å²) in [4.78, 5) is 0. The molecule has 4 heteroatoms. The first-order valence-corrected chi connectivity index (χ1v) is 5.84. The van der Waals surface area contributed by atoms with Crippen molar-refractivity contribution >= 4 is 21.6 Å². The van der Waals surface area contributed by atoms with Crippen LogP contribution in [0.4, 0.5) is 0 Å². The first kappa shape index (κ1) is 9.42. The minimum Gasteiger partial charge on any atom is -0.507 e. The van der Waals surface area contributed by atoms with E-state index in [2.05, 4.69) is 5.10 Å². The number of aromatic hydroxyl groups is 1. The summed E-state index contributed by atoms with van der Waals surface area (Å²) >= 11 is 1.64. The van der Waals surface area contributed by atoms with E-state index in [0.717, 1.165) is 21.5 Å². The standard InChI is InChI=1S/C12H10N2OS/c1-14-9-6-7-16-12(9)11(13-14)8-4-2-3-5-10(8)15/h2-7,15H,1H3. The van der Waals surface area contributed by atoms with Gasteiger partial charge in [-0.25, -0.2) is 0 Å². The van der Waals surface area contributed by atoms with Crippen LogP contribution in [0.15, 0.2) is 35.7 Å². The molecular weight excluding hydrogens is 220 g/mol. The minimum absolute atomic E-state index is 0.274. The van der Waals surface area contributed by atoms with Crippen LogP contribution in [0.25, 0.3) is 21.5 Å². The molecule has 0 aliphatic rings. The normalized spacial score (nSPS) is 11.1. The number of para-hydroxylation sites is 1. The molecule has 0 unspecified atom stereocenters.